The monoisotopic (exact) mass is 436 g/mol. The number of carboxylic acid groups (broad SMARTS) is 1. The molecule has 0 bridgehead atoms. The number of aromatic carboxylic acids is 1. The molecule has 1 heterocycles. The first-order valence-corrected chi connectivity index (χ1v) is 9.23. The molecule has 2 N–H and O–H groups in total. The van der Waals surface area contributed by atoms with Gasteiger partial charge in [-0.15, -0.1) is 0 Å². The first-order valence-electron chi connectivity index (χ1n) is 8.48. The van der Waals surface area contributed by atoms with Crippen LogP contribution in [0.15, 0.2) is 30.3 Å². The highest BCUT2D eigenvalue weighted by Crippen LogP contribution is 2.38. The number of carbonyl (C=O) groups is 2. The first-order chi connectivity index (χ1) is 13.8. The minimum atomic E-state index is -1.16. The molecule has 0 atom stereocenters. The maximum Gasteiger partial charge on any atom is 0.352 e. The maximum atomic E-state index is 13.0. The molecule has 0 saturated carbocycles. The lowest BCUT2D eigenvalue weighted by Crippen LogP contribution is -2.28. The number of rotatable bonds is 6. The fourth-order valence-corrected chi connectivity index (χ4v) is 3.50. The van der Waals surface area contributed by atoms with E-state index in [1.54, 1.807) is 37.4 Å². The van der Waals surface area contributed by atoms with Crippen LogP contribution in [-0.2, 0) is 11.2 Å². The number of nitrogens with zero attached hydrogens (tertiary/aromatic N) is 1. The van der Waals surface area contributed by atoms with Crippen molar-refractivity contribution in [2.24, 2.45) is 0 Å². The lowest BCUT2D eigenvalue weighted by atomic mass is 10.1. The molecule has 3 aromatic rings. The Bertz CT molecular complexity index is 1110. The second kappa shape index (κ2) is 8.23. The third-order valence-electron chi connectivity index (χ3n) is 4.60. The van der Waals surface area contributed by atoms with Gasteiger partial charge in [-0.2, -0.15) is 0 Å². The van der Waals surface area contributed by atoms with Crippen molar-refractivity contribution in [3.63, 3.8) is 0 Å². The number of aromatic amines is 1. The summed E-state index contributed by atoms with van der Waals surface area (Å²) < 4.78 is 10.5. The molecule has 0 aliphatic heterocycles. The quantitative estimate of drug-likeness (QED) is 0.597. The van der Waals surface area contributed by atoms with Gasteiger partial charge in [-0.1, -0.05) is 23.2 Å². The van der Waals surface area contributed by atoms with Gasteiger partial charge in [0.15, 0.2) is 0 Å². The van der Waals surface area contributed by atoms with Crippen LogP contribution < -0.4 is 14.4 Å². The van der Waals surface area contributed by atoms with Crippen LogP contribution in [0.25, 0.3) is 10.9 Å². The molecule has 0 fully saturated rings. The fourth-order valence-electron chi connectivity index (χ4n) is 3.10. The average molecular weight is 437 g/mol. The summed E-state index contributed by atoms with van der Waals surface area (Å²) in [5, 5.41) is 10.9. The Morgan fingerprint density at radius 2 is 1.79 bits per heavy atom. The number of carbonyl (C=O) groups excluding carboxylic acids is 1. The third kappa shape index (κ3) is 3.97. The van der Waals surface area contributed by atoms with Gasteiger partial charge in [0, 0.05) is 34.6 Å². The van der Waals surface area contributed by atoms with E-state index >= 15 is 0 Å². The zero-order valence-corrected chi connectivity index (χ0v) is 17.4. The molecule has 0 aliphatic rings. The summed E-state index contributed by atoms with van der Waals surface area (Å²) in [6.07, 6.45) is -0.161. The normalized spacial score (nSPS) is 10.8. The van der Waals surface area contributed by atoms with E-state index in [-0.39, 0.29) is 18.0 Å². The van der Waals surface area contributed by atoms with Gasteiger partial charge in [0.2, 0.25) is 5.91 Å². The number of hydrogen-bond acceptors (Lipinski definition) is 4. The van der Waals surface area contributed by atoms with Gasteiger partial charge in [-0.05, 0) is 24.3 Å². The van der Waals surface area contributed by atoms with Gasteiger partial charge < -0.3 is 24.5 Å². The number of nitrogens with one attached hydrogen (secondary N) is 1. The van der Waals surface area contributed by atoms with Gasteiger partial charge in [0.1, 0.15) is 17.2 Å². The Labute approximate surface area is 176 Å². The van der Waals surface area contributed by atoms with Crippen LogP contribution in [0.4, 0.5) is 5.69 Å². The highest BCUT2D eigenvalue weighted by molar-refractivity contribution is 6.32. The number of fused-ring (bicyclic) bond motifs is 1. The highest BCUT2D eigenvalue weighted by Gasteiger charge is 2.24. The van der Waals surface area contributed by atoms with Crippen molar-refractivity contribution in [3.05, 3.63) is 51.6 Å². The van der Waals surface area contributed by atoms with Gasteiger partial charge in [0.05, 0.1) is 31.4 Å². The molecule has 2 aromatic carbocycles. The average Bonchev–Trinajstić information content (AvgIpc) is 3.05. The van der Waals surface area contributed by atoms with Crippen LogP contribution in [0.2, 0.25) is 10.0 Å². The number of aromatic nitrogens is 1. The number of anilines is 1. The Morgan fingerprint density at radius 3 is 2.41 bits per heavy atom. The predicted molar refractivity (Wildman–Crippen MR) is 112 cm³/mol. The van der Waals surface area contributed by atoms with E-state index in [1.807, 2.05) is 0 Å². The molecule has 1 aromatic heterocycles. The van der Waals surface area contributed by atoms with Gasteiger partial charge in [-0.25, -0.2) is 4.79 Å². The third-order valence-corrected chi connectivity index (χ3v) is 5.13. The fraction of sp³-hybridized carbons (Fsp3) is 0.200. The van der Waals surface area contributed by atoms with Gasteiger partial charge in [-0.3, -0.25) is 4.79 Å². The lowest BCUT2D eigenvalue weighted by Gasteiger charge is -2.21. The molecular formula is C20H18Cl2N2O5. The van der Waals surface area contributed by atoms with Crippen molar-refractivity contribution in [3.8, 4) is 11.5 Å². The number of ether oxygens (including phenoxy) is 2. The molecule has 3 rings (SSSR count). The number of halogens is 2. The smallest absolute Gasteiger partial charge is 0.352 e. The maximum absolute atomic E-state index is 13.0. The van der Waals surface area contributed by atoms with E-state index in [0.29, 0.717) is 43.7 Å². The number of H-pyrrole nitrogens is 1. The molecular weight excluding hydrogens is 419 g/mol. The number of amides is 1. The summed E-state index contributed by atoms with van der Waals surface area (Å²) in [7, 11) is 4.50. The van der Waals surface area contributed by atoms with E-state index in [9.17, 15) is 14.7 Å². The summed E-state index contributed by atoms with van der Waals surface area (Å²) in [4.78, 5) is 28.9. The van der Waals surface area contributed by atoms with Crippen molar-refractivity contribution in [1.29, 1.82) is 0 Å². The van der Waals surface area contributed by atoms with Gasteiger partial charge in [0.25, 0.3) is 0 Å². The van der Waals surface area contributed by atoms with Crippen LogP contribution in [0.1, 0.15) is 16.1 Å². The number of likely N-dealkylation sites (N-methyl/N-ethyl adjacent to an activating group) is 1. The minimum Gasteiger partial charge on any atom is -0.495 e. The van der Waals surface area contributed by atoms with Crippen molar-refractivity contribution < 1.29 is 24.2 Å². The summed E-state index contributed by atoms with van der Waals surface area (Å²) in [6.45, 7) is 0. The Kier molecular flexibility index (Phi) is 5.91. The molecule has 0 aliphatic carbocycles. The van der Waals surface area contributed by atoms with Crippen molar-refractivity contribution >= 4 is 51.7 Å². The van der Waals surface area contributed by atoms with E-state index in [1.165, 1.54) is 19.1 Å². The molecule has 1 amide bonds. The molecule has 9 heteroatoms. The standard InChI is InChI=1S/C20H18Cl2N2O5/c1-24(15-8-13(22)16(28-2)9-17(15)29-3)18(25)7-12-11-6-10(21)4-5-14(11)23-19(12)20(26)27/h4-6,8-9,23H,7H2,1-3H3,(H,26,27). The van der Waals surface area contributed by atoms with Crippen LogP contribution >= 0.6 is 23.2 Å². The number of methoxy groups -OCH3 is 2. The topological polar surface area (TPSA) is 91.9 Å². The van der Waals surface area contributed by atoms with Crippen molar-refractivity contribution in [2.75, 3.05) is 26.2 Å². The largest absolute Gasteiger partial charge is 0.495 e. The van der Waals surface area contributed by atoms with Crippen LogP contribution in [0, 0.1) is 0 Å². The summed E-state index contributed by atoms with van der Waals surface area (Å²) in [5.41, 5.74) is 1.31. The SMILES string of the molecule is COc1cc(OC)c(N(C)C(=O)Cc2c(C(=O)O)[nH]c3ccc(Cl)cc23)cc1Cl. The second-order valence-corrected chi connectivity index (χ2v) is 7.11. The lowest BCUT2D eigenvalue weighted by molar-refractivity contribution is -0.117. The van der Waals surface area contributed by atoms with E-state index in [0.717, 1.165) is 0 Å². The second-order valence-electron chi connectivity index (χ2n) is 6.26. The Balaban J connectivity index is 2.01. The zero-order valence-electron chi connectivity index (χ0n) is 15.9. The summed E-state index contributed by atoms with van der Waals surface area (Å²) in [5.74, 6) is -0.712. The van der Waals surface area contributed by atoms with Crippen LogP contribution in [0.3, 0.4) is 0 Å². The van der Waals surface area contributed by atoms with E-state index in [2.05, 4.69) is 4.98 Å². The number of hydrogen-bond donors (Lipinski definition) is 2. The first kappa shape index (κ1) is 20.8. The highest BCUT2D eigenvalue weighted by atomic mass is 35.5. The van der Waals surface area contributed by atoms with Crippen LogP contribution in [0.5, 0.6) is 11.5 Å². The van der Waals surface area contributed by atoms with E-state index in [4.69, 9.17) is 32.7 Å². The molecule has 152 valence electrons. The van der Waals surface area contributed by atoms with Crippen molar-refractivity contribution in [2.45, 2.75) is 6.42 Å². The number of benzene rings is 2. The molecule has 0 saturated heterocycles. The molecule has 0 radical (unpaired) electrons. The van der Waals surface area contributed by atoms with E-state index < -0.39 is 5.97 Å². The molecule has 0 spiro atoms. The predicted octanol–water partition coefficient (Wildman–Crippen LogP) is 4.40. The molecule has 7 nitrogen and oxygen atoms in total. The summed E-state index contributed by atoms with van der Waals surface area (Å²) in [6, 6.07) is 8.09. The molecule has 29 heavy (non-hydrogen) atoms. The molecule has 0 unspecified atom stereocenters. The number of carboxylic acids is 1. The van der Waals surface area contributed by atoms with Crippen LogP contribution in [-0.4, -0.2) is 43.2 Å². The zero-order chi connectivity index (χ0) is 21.3. The van der Waals surface area contributed by atoms with Crippen molar-refractivity contribution in [1.82, 2.24) is 4.98 Å². The Hall–Kier alpha value is -2.90. The van der Waals surface area contributed by atoms with Gasteiger partial charge >= 0.3 is 5.97 Å². The minimum absolute atomic E-state index is 0.0521. The Morgan fingerprint density at radius 1 is 1.10 bits per heavy atom. The summed E-state index contributed by atoms with van der Waals surface area (Å²) >= 11 is 12.3.